The van der Waals surface area contributed by atoms with Crippen molar-refractivity contribution in [2.75, 3.05) is 33.5 Å². The van der Waals surface area contributed by atoms with Crippen LogP contribution in [-0.4, -0.2) is 61.5 Å². The molecule has 3 amide bonds. The van der Waals surface area contributed by atoms with Crippen LogP contribution in [-0.2, 0) is 11.3 Å². The fourth-order valence-corrected chi connectivity index (χ4v) is 3.39. The second kappa shape index (κ2) is 11.1. The first kappa shape index (κ1) is 25.1. The minimum atomic E-state index is -0.533. The lowest BCUT2D eigenvalue weighted by atomic mass is 10.0. The molecule has 180 valence electrons. The maximum atomic E-state index is 12.8. The molecule has 0 saturated carbocycles. The lowest BCUT2D eigenvalue weighted by molar-refractivity contribution is -0.114. The fraction of sp³-hybridized carbons (Fsp3) is 0.192. The molecule has 0 radical (unpaired) electrons. The van der Waals surface area contributed by atoms with Crippen LogP contribution in [0.15, 0.2) is 60.8 Å². The van der Waals surface area contributed by atoms with E-state index in [1.54, 1.807) is 76.7 Å². The summed E-state index contributed by atoms with van der Waals surface area (Å²) in [5, 5.41) is 16.8. The van der Waals surface area contributed by atoms with Crippen LogP contribution in [0.25, 0.3) is 11.3 Å². The van der Waals surface area contributed by atoms with Gasteiger partial charge < -0.3 is 20.9 Å². The zero-order valence-electron chi connectivity index (χ0n) is 20.1. The van der Waals surface area contributed by atoms with Gasteiger partial charge in [0.05, 0.1) is 11.3 Å². The largest absolute Gasteiger partial charge is 0.388 e. The van der Waals surface area contributed by atoms with Gasteiger partial charge in [-0.05, 0) is 42.0 Å². The molecule has 4 N–H and O–H groups in total. The van der Waals surface area contributed by atoms with Gasteiger partial charge in [-0.15, -0.1) is 0 Å². The zero-order valence-corrected chi connectivity index (χ0v) is 20.1. The van der Waals surface area contributed by atoms with E-state index in [-0.39, 0.29) is 24.1 Å². The average Bonchev–Trinajstić information content (AvgIpc) is 2.90. The lowest BCUT2D eigenvalue weighted by Crippen LogP contribution is -2.31. The number of hydrogen-bond acceptors (Lipinski definition) is 6. The quantitative estimate of drug-likeness (QED) is 0.375. The molecule has 0 aliphatic rings. The highest BCUT2D eigenvalue weighted by atomic mass is 16.2. The molecule has 35 heavy (non-hydrogen) atoms. The maximum Gasteiger partial charge on any atom is 0.270 e. The minimum absolute atomic E-state index is 0.142. The van der Waals surface area contributed by atoms with Crippen LogP contribution in [0.3, 0.4) is 0 Å². The first-order chi connectivity index (χ1) is 16.7. The molecule has 0 atom stereocenters. The van der Waals surface area contributed by atoms with Crippen molar-refractivity contribution in [2.24, 2.45) is 0 Å². The second-order valence-electron chi connectivity index (χ2n) is 7.98. The van der Waals surface area contributed by atoms with E-state index in [0.29, 0.717) is 33.6 Å². The number of anilines is 1. The van der Waals surface area contributed by atoms with E-state index in [9.17, 15) is 14.4 Å². The van der Waals surface area contributed by atoms with E-state index in [0.717, 1.165) is 5.56 Å². The molecule has 9 nitrogen and oxygen atoms in total. The predicted octanol–water partition coefficient (Wildman–Crippen LogP) is 2.54. The van der Waals surface area contributed by atoms with Crippen LogP contribution in [0.2, 0.25) is 0 Å². The number of nitrogens with one attached hydrogen (secondary N) is 4. The SMILES string of the molecule is CNC(=O)c1ccc(CNC(=O)C(=N)c2cc(-c3ccc(C(=O)N(C)C)cn3)ccc2NC)cc1. The van der Waals surface area contributed by atoms with Crippen LogP contribution in [0.5, 0.6) is 0 Å². The number of nitrogens with zero attached hydrogens (tertiary/aromatic N) is 2. The first-order valence-corrected chi connectivity index (χ1v) is 10.9. The highest BCUT2D eigenvalue weighted by Gasteiger charge is 2.17. The molecule has 0 unspecified atom stereocenters. The summed E-state index contributed by atoms with van der Waals surface area (Å²) >= 11 is 0. The Labute approximate surface area is 204 Å². The van der Waals surface area contributed by atoms with E-state index < -0.39 is 5.91 Å². The topological polar surface area (TPSA) is 127 Å². The summed E-state index contributed by atoms with van der Waals surface area (Å²) in [6, 6.07) is 15.6. The third-order valence-corrected chi connectivity index (χ3v) is 5.39. The van der Waals surface area contributed by atoms with Crippen LogP contribution < -0.4 is 16.0 Å². The van der Waals surface area contributed by atoms with Gasteiger partial charge in [0.2, 0.25) is 0 Å². The van der Waals surface area contributed by atoms with Gasteiger partial charge in [0.15, 0.2) is 0 Å². The van der Waals surface area contributed by atoms with Gasteiger partial charge >= 0.3 is 0 Å². The molecule has 2 aromatic carbocycles. The first-order valence-electron chi connectivity index (χ1n) is 10.9. The third kappa shape index (κ3) is 5.89. The average molecular weight is 473 g/mol. The highest BCUT2D eigenvalue weighted by Crippen LogP contribution is 2.25. The van der Waals surface area contributed by atoms with Crippen LogP contribution in [0.4, 0.5) is 5.69 Å². The molecule has 0 fully saturated rings. The summed E-state index contributed by atoms with van der Waals surface area (Å²) in [5.74, 6) is -0.860. The standard InChI is InChI=1S/C26H28N6O3/c1-28-22-12-9-18(21-11-10-19(15-30-21)26(35)32(3)4)13-20(22)23(27)25(34)31-14-16-5-7-17(8-6-16)24(33)29-2/h5-13,15,27-28H,14H2,1-4H3,(H,29,33)(H,31,34). The van der Waals surface area contributed by atoms with Crippen molar-refractivity contribution in [1.29, 1.82) is 5.41 Å². The normalized spacial score (nSPS) is 10.3. The van der Waals surface area contributed by atoms with Crippen molar-refractivity contribution in [2.45, 2.75) is 6.54 Å². The molecule has 0 spiro atoms. The fourth-order valence-electron chi connectivity index (χ4n) is 3.39. The Kier molecular flexibility index (Phi) is 7.93. The molecule has 0 saturated heterocycles. The number of hydrogen-bond donors (Lipinski definition) is 4. The Bertz CT molecular complexity index is 1250. The van der Waals surface area contributed by atoms with E-state index in [2.05, 4.69) is 20.9 Å². The summed E-state index contributed by atoms with van der Waals surface area (Å²) in [6.45, 7) is 0.215. The third-order valence-electron chi connectivity index (χ3n) is 5.39. The van der Waals surface area contributed by atoms with Gasteiger partial charge in [0.1, 0.15) is 5.71 Å². The van der Waals surface area contributed by atoms with E-state index in [1.165, 1.54) is 11.1 Å². The Hall–Kier alpha value is -4.53. The minimum Gasteiger partial charge on any atom is -0.388 e. The lowest BCUT2D eigenvalue weighted by Gasteiger charge is -2.13. The Morgan fingerprint density at radius 2 is 1.63 bits per heavy atom. The number of aromatic nitrogens is 1. The summed E-state index contributed by atoms with van der Waals surface area (Å²) in [6.07, 6.45) is 1.51. The maximum absolute atomic E-state index is 12.8. The monoisotopic (exact) mass is 472 g/mol. The number of amides is 3. The van der Waals surface area contributed by atoms with E-state index in [1.807, 2.05) is 6.07 Å². The Balaban J connectivity index is 1.76. The molecule has 1 aromatic heterocycles. The van der Waals surface area contributed by atoms with Gasteiger partial charge in [-0.25, -0.2) is 0 Å². The zero-order chi connectivity index (χ0) is 25.5. The number of benzene rings is 2. The molecular weight excluding hydrogens is 444 g/mol. The van der Waals surface area contributed by atoms with Crippen molar-refractivity contribution >= 4 is 29.1 Å². The van der Waals surface area contributed by atoms with Crippen molar-refractivity contribution in [1.82, 2.24) is 20.5 Å². The molecule has 9 heteroatoms. The van der Waals surface area contributed by atoms with Crippen LogP contribution >= 0.6 is 0 Å². The molecule has 0 bridgehead atoms. The van der Waals surface area contributed by atoms with Crippen molar-refractivity contribution in [3.63, 3.8) is 0 Å². The molecule has 3 aromatic rings. The van der Waals surface area contributed by atoms with Gasteiger partial charge in [0.25, 0.3) is 17.7 Å². The van der Waals surface area contributed by atoms with Gasteiger partial charge in [0, 0.05) is 63.3 Å². The van der Waals surface area contributed by atoms with E-state index >= 15 is 0 Å². The molecular formula is C26H28N6O3. The Morgan fingerprint density at radius 1 is 0.943 bits per heavy atom. The number of carbonyl (C=O) groups is 3. The van der Waals surface area contributed by atoms with Gasteiger partial charge in [-0.2, -0.15) is 0 Å². The molecule has 1 heterocycles. The number of pyridine rings is 1. The van der Waals surface area contributed by atoms with Gasteiger partial charge in [-0.3, -0.25) is 24.8 Å². The summed E-state index contributed by atoms with van der Waals surface area (Å²) in [4.78, 5) is 42.4. The van der Waals surface area contributed by atoms with Gasteiger partial charge in [-0.1, -0.05) is 18.2 Å². The second-order valence-corrected chi connectivity index (χ2v) is 7.98. The molecule has 0 aliphatic carbocycles. The smallest absolute Gasteiger partial charge is 0.270 e. The predicted molar refractivity (Wildman–Crippen MR) is 136 cm³/mol. The van der Waals surface area contributed by atoms with Crippen molar-refractivity contribution in [3.8, 4) is 11.3 Å². The van der Waals surface area contributed by atoms with Crippen molar-refractivity contribution in [3.05, 3.63) is 83.0 Å². The molecule has 3 rings (SSSR count). The highest BCUT2D eigenvalue weighted by molar-refractivity contribution is 6.45. The summed E-state index contributed by atoms with van der Waals surface area (Å²) in [7, 11) is 6.64. The van der Waals surface area contributed by atoms with Crippen molar-refractivity contribution < 1.29 is 14.4 Å². The number of carbonyl (C=O) groups excluding carboxylic acids is 3. The van der Waals surface area contributed by atoms with E-state index in [4.69, 9.17) is 5.41 Å². The Morgan fingerprint density at radius 3 is 2.20 bits per heavy atom. The molecule has 0 aliphatic heterocycles. The number of rotatable bonds is 8. The van der Waals surface area contributed by atoms with Crippen LogP contribution in [0, 0.1) is 5.41 Å². The summed E-state index contributed by atoms with van der Waals surface area (Å²) < 4.78 is 0. The van der Waals surface area contributed by atoms with Crippen LogP contribution in [0.1, 0.15) is 31.8 Å². The summed E-state index contributed by atoms with van der Waals surface area (Å²) in [5.41, 5.74) is 3.99.